The lowest BCUT2D eigenvalue weighted by atomic mass is 9.74. The molecule has 4 rings (SSSR count). The highest BCUT2D eigenvalue weighted by Crippen LogP contribution is 2.50. The van der Waals surface area contributed by atoms with E-state index in [1.54, 1.807) is 26.0 Å². The zero-order chi connectivity index (χ0) is 26.6. The van der Waals surface area contributed by atoms with Gasteiger partial charge in [-0.15, -0.1) is 0 Å². The van der Waals surface area contributed by atoms with Crippen LogP contribution in [0, 0.1) is 23.7 Å². The van der Waals surface area contributed by atoms with Crippen molar-refractivity contribution in [2.45, 2.75) is 44.7 Å². The molecule has 4 N–H and O–H groups in total. The lowest BCUT2D eigenvalue weighted by molar-refractivity contribution is -0.173. The van der Waals surface area contributed by atoms with Crippen LogP contribution in [0.3, 0.4) is 0 Å². The van der Waals surface area contributed by atoms with Gasteiger partial charge in [-0.05, 0) is 66.0 Å². The molecular weight excluding hydrogens is 475 g/mol. The number of allylic oxidation sites excluding steroid dienone is 2. The number of alkyl halides is 3. The molecule has 1 fully saturated rings. The molecule has 0 spiro atoms. The second kappa shape index (κ2) is 8.87. The molecule has 2 aromatic carbocycles. The van der Waals surface area contributed by atoms with Crippen LogP contribution in [0.5, 0.6) is 11.5 Å². The third-order valence-electron chi connectivity index (χ3n) is 7.67. The highest BCUT2D eigenvalue weighted by Gasteiger charge is 2.54. The number of aromatic hydroxyl groups is 2. The SMILES string of the molecule is CC(C)c1cc(C(C)(c2ccc(O)c(NC(=O)C3C4C=CC(C4)C3C(=O)O)c2)C(F)(F)F)ccc1O. The summed E-state index contributed by atoms with van der Waals surface area (Å²) in [6, 6.07) is 7.04. The van der Waals surface area contributed by atoms with Crippen LogP contribution in [-0.4, -0.2) is 33.4 Å². The maximum Gasteiger partial charge on any atom is 0.402 e. The summed E-state index contributed by atoms with van der Waals surface area (Å²) in [5.41, 5.74) is -2.74. The summed E-state index contributed by atoms with van der Waals surface area (Å²) < 4.78 is 43.8. The molecule has 192 valence electrons. The quantitative estimate of drug-likeness (QED) is 0.305. The van der Waals surface area contributed by atoms with Crippen molar-refractivity contribution in [1.82, 2.24) is 0 Å². The van der Waals surface area contributed by atoms with Crippen LogP contribution in [0.25, 0.3) is 0 Å². The van der Waals surface area contributed by atoms with E-state index in [0.717, 1.165) is 25.1 Å². The van der Waals surface area contributed by atoms with Gasteiger partial charge in [-0.3, -0.25) is 9.59 Å². The smallest absolute Gasteiger partial charge is 0.402 e. The molecule has 2 aliphatic carbocycles. The van der Waals surface area contributed by atoms with Gasteiger partial charge in [0.15, 0.2) is 0 Å². The molecule has 36 heavy (non-hydrogen) atoms. The Balaban J connectivity index is 1.74. The minimum atomic E-state index is -4.76. The van der Waals surface area contributed by atoms with E-state index in [4.69, 9.17) is 0 Å². The molecule has 1 saturated carbocycles. The molecule has 6 nitrogen and oxygen atoms in total. The molecule has 5 unspecified atom stereocenters. The highest BCUT2D eigenvalue weighted by molar-refractivity contribution is 5.97. The molecule has 1 amide bonds. The van der Waals surface area contributed by atoms with Crippen LogP contribution in [0.1, 0.15) is 49.8 Å². The van der Waals surface area contributed by atoms with Crippen molar-refractivity contribution >= 4 is 17.6 Å². The molecule has 2 aromatic rings. The minimum absolute atomic E-state index is 0.107. The average Bonchev–Trinajstić information content (AvgIpc) is 3.41. The van der Waals surface area contributed by atoms with Gasteiger partial charge in [0.1, 0.15) is 16.9 Å². The van der Waals surface area contributed by atoms with Crippen molar-refractivity contribution in [2.24, 2.45) is 23.7 Å². The molecule has 0 aromatic heterocycles. The Bertz CT molecular complexity index is 1240. The van der Waals surface area contributed by atoms with Crippen LogP contribution in [0.4, 0.5) is 18.9 Å². The van der Waals surface area contributed by atoms with Crippen molar-refractivity contribution in [3.63, 3.8) is 0 Å². The number of hydrogen-bond acceptors (Lipinski definition) is 4. The molecule has 0 saturated heterocycles. The highest BCUT2D eigenvalue weighted by atomic mass is 19.4. The van der Waals surface area contributed by atoms with Crippen LogP contribution >= 0.6 is 0 Å². The molecule has 0 aliphatic heterocycles. The first kappa shape index (κ1) is 25.6. The van der Waals surface area contributed by atoms with Gasteiger partial charge in [-0.1, -0.05) is 44.2 Å². The predicted octanol–water partition coefficient (Wildman–Crippen LogP) is 5.55. The number of phenolic OH excluding ortho intramolecular Hbond substituents is 2. The van der Waals surface area contributed by atoms with Gasteiger partial charge >= 0.3 is 12.1 Å². The number of carboxylic acid groups (broad SMARTS) is 1. The number of carbonyl (C=O) groups excluding carboxylic acids is 1. The fraction of sp³-hybridized carbons (Fsp3) is 0.407. The topological polar surface area (TPSA) is 107 Å². The van der Waals surface area contributed by atoms with Crippen molar-refractivity contribution in [2.75, 3.05) is 5.32 Å². The van der Waals surface area contributed by atoms with Crippen LogP contribution in [0.15, 0.2) is 48.6 Å². The number of amides is 1. The standard InChI is InChI=1S/C27H28F3NO5/c1-13(2)18-11-16(6-8-20(18)32)26(3,27(28,29)30)17-7-9-21(33)19(12-17)31-24(34)22-14-4-5-15(10-14)23(22)25(35)36/h4-9,11-15,22-23,32-33H,10H2,1-3H3,(H,31,34)(H,35,36). The molecule has 2 aliphatic rings. The number of carboxylic acids is 1. The molecular formula is C27H28F3NO5. The second-order valence-electron chi connectivity index (χ2n) is 10.1. The van der Waals surface area contributed by atoms with E-state index in [0.29, 0.717) is 12.0 Å². The van der Waals surface area contributed by atoms with Crippen molar-refractivity contribution < 1.29 is 38.1 Å². The van der Waals surface area contributed by atoms with Crippen LogP contribution in [0.2, 0.25) is 0 Å². The molecule has 0 radical (unpaired) electrons. The fourth-order valence-electron chi connectivity index (χ4n) is 5.50. The first-order valence-electron chi connectivity index (χ1n) is 11.7. The maximum atomic E-state index is 14.6. The average molecular weight is 504 g/mol. The van der Waals surface area contributed by atoms with E-state index in [1.165, 1.54) is 18.2 Å². The molecule has 0 heterocycles. The summed E-state index contributed by atoms with van der Waals surface area (Å²) in [6.07, 6.45) is -0.668. The van der Waals surface area contributed by atoms with Gasteiger partial charge in [0.2, 0.25) is 5.91 Å². The largest absolute Gasteiger partial charge is 0.508 e. The molecule has 2 bridgehead atoms. The first-order chi connectivity index (χ1) is 16.8. The van der Waals surface area contributed by atoms with Gasteiger partial charge in [-0.25, -0.2) is 0 Å². The van der Waals surface area contributed by atoms with Crippen LogP contribution < -0.4 is 5.32 Å². The Hall–Kier alpha value is -3.49. The van der Waals surface area contributed by atoms with E-state index in [9.17, 15) is 38.1 Å². The molecule has 9 heteroatoms. The van der Waals surface area contributed by atoms with Gasteiger partial charge in [0.05, 0.1) is 17.5 Å². The number of rotatable bonds is 6. The fourth-order valence-corrected chi connectivity index (χ4v) is 5.50. The third kappa shape index (κ3) is 4.10. The van der Waals surface area contributed by atoms with Gasteiger partial charge in [0, 0.05) is 0 Å². The summed E-state index contributed by atoms with van der Waals surface area (Å²) in [5, 5.41) is 32.6. The summed E-state index contributed by atoms with van der Waals surface area (Å²) in [7, 11) is 0. The van der Waals surface area contributed by atoms with E-state index in [1.807, 2.05) is 0 Å². The Morgan fingerprint density at radius 2 is 1.50 bits per heavy atom. The Kier molecular flexibility index (Phi) is 6.31. The number of aliphatic carboxylic acids is 1. The lowest BCUT2D eigenvalue weighted by Crippen LogP contribution is -2.41. The summed E-state index contributed by atoms with van der Waals surface area (Å²) in [5.74, 6) is -4.92. The third-order valence-corrected chi connectivity index (χ3v) is 7.67. The maximum absolute atomic E-state index is 14.6. The number of anilines is 1. The molecule has 5 atom stereocenters. The number of phenols is 2. The zero-order valence-electron chi connectivity index (χ0n) is 20.0. The second-order valence-corrected chi connectivity index (χ2v) is 10.1. The van der Waals surface area contributed by atoms with E-state index in [-0.39, 0.29) is 40.3 Å². The normalized spacial score (nSPS) is 24.6. The number of fused-ring (bicyclic) bond motifs is 2. The Morgan fingerprint density at radius 3 is 2.06 bits per heavy atom. The minimum Gasteiger partial charge on any atom is -0.508 e. The summed E-state index contributed by atoms with van der Waals surface area (Å²) >= 11 is 0. The lowest BCUT2D eigenvalue weighted by Gasteiger charge is -2.34. The van der Waals surface area contributed by atoms with Gasteiger partial charge in [0.25, 0.3) is 0 Å². The van der Waals surface area contributed by atoms with E-state index >= 15 is 0 Å². The van der Waals surface area contributed by atoms with Crippen LogP contribution in [-0.2, 0) is 15.0 Å². The first-order valence-corrected chi connectivity index (χ1v) is 11.7. The number of halogens is 3. The number of benzene rings is 2. The number of carbonyl (C=O) groups is 2. The monoisotopic (exact) mass is 503 g/mol. The number of hydrogen-bond donors (Lipinski definition) is 4. The predicted molar refractivity (Wildman–Crippen MR) is 127 cm³/mol. The van der Waals surface area contributed by atoms with Gasteiger partial charge in [-0.2, -0.15) is 13.2 Å². The number of nitrogens with one attached hydrogen (secondary N) is 1. The van der Waals surface area contributed by atoms with E-state index in [2.05, 4.69) is 5.32 Å². The van der Waals surface area contributed by atoms with Gasteiger partial charge < -0.3 is 20.6 Å². The van der Waals surface area contributed by atoms with Crippen molar-refractivity contribution in [3.05, 3.63) is 65.2 Å². The Labute approximate surface area is 206 Å². The summed E-state index contributed by atoms with van der Waals surface area (Å²) in [6.45, 7) is 4.52. The van der Waals surface area contributed by atoms with E-state index < -0.39 is 41.1 Å². The Morgan fingerprint density at radius 1 is 0.944 bits per heavy atom. The summed E-state index contributed by atoms with van der Waals surface area (Å²) in [4.78, 5) is 24.9. The van der Waals surface area contributed by atoms with Crippen molar-refractivity contribution in [3.8, 4) is 11.5 Å². The zero-order valence-corrected chi connectivity index (χ0v) is 20.0. The van der Waals surface area contributed by atoms with Crippen molar-refractivity contribution in [1.29, 1.82) is 0 Å².